The molecule has 7 nitrogen and oxygen atoms in total. The van der Waals surface area contributed by atoms with Crippen molar-refractivity contribution in [1.29, 1.82) is 0 Å². The van der Waals surface area contributed by atoms with Crippen molar-refractivity contribution in [3.63, 3.8) is 0 Å². The lowest BCUT2D eigenvalue weighted by Crippen LogP contribution is -2.40. The summed E-state index contributed by atoms with van der Waals surface area (Å²) in [5, 5.41) is 12.2. The number of piperidine rings is 1. The maximum Gasteiger partial charge on any atom is 0.230 e. The number of carbonyl (C=O) groups is 1. The number of thioether (sulfide) groups is 1. The van der Waals surface area contributed by atoms with Crippen molar-refractivity contribution in [3.05, 3.63) is 24.2 Å². The van der Waals surface area contributed by atoms with E-state index in [0.29, 0.717) is 24.1 Å². The molecule has 0 bridgehead atoms. The molecule has 1 fully saturated rings. The predicted molar refractivity (Wildman–Crippen MR) is 97.8 cm³/mol. The molecule has 1 amide bonds. The highest BCUT2D eigenvalue weighted by Gasteiger charge is 2.27. The molecule has 3 heterocycles. The van der Waals surface area contributed by atoms with Gasteiger partial charge in [0.1, 0.15) is 5.76 Å². The number of rotatable bonds is 6. The zero-order valence-corrected chi connectivity index (χ0v) is 15.8. The molecular formula is C17H25N5O2S. The minimum atomic E-state index is -0.0284. The Hall–Kier alpha value is -1.96. The van der Waals surface area contributed by atoms with Crippen molar-refractivity contribution in [3.8, 4) is 0 Å². The SMILES string of the molecule is CNC(=O)CSc1nnc(N2CC(C)CC(C)C2)n1Cc1ccco1. The Balaban J connectivity index is 1.85. The fourth-order valence-corrected chi connectivity index (χ4v) is 4.15. The zero-order valence-electron chi connectivity index (χ0n) is 14.9. The maximum absolute atomic E-state index is 11.6. The minimum Gasteiger partial charge on any atom is -0.467 e. The molecule has 8 heteroatoms. The third-order valence-electron chi connectivity index (χ3n) is 4.35. The lowest BCUT2D eigenvalue weighted by atomic mass is 9.92. The van der Waals surface area contributed by atoms with Crippen molar-refractivity contribution in [1.82, 2.24) is 20.1 Å². The van der Waals surface area contributed by atoms with Crippen LogP contribution in [0.1, 0.15) is 26.0 Å². The van der Waals surface area contributed by atoms with E-state index in [1.807, 2.05) is 12.1 Å². The molecule has 1 saturated heterocycles. The number of aromatic nitrogens is 3. The van der Waals surface area contributed by atoms with Gasteiger partial charge in [0.25, 0.3) is 0 Å². The molecule has 136 valence electrons. The van der Waals surface area contributed by atoms with Crippen molar-refractivity contribution in [2.75, 3.05) is 30.8 Å². The molecule has 0 aliphatic carbocycles. The van der Waals surface area contributed by atoms with E-state index in [1.54, 1.807) is 13.3 Å². The molecule has 2 aromatic heterocycles. The Morgan fingerprint density at radius 3 is 2.76 bits per heavy atom. The molecule has 0 saturated carbocycles. The van der Waals surface area contributed by atoms with Crippen LogP contribution >= 0.6 is 11.8 Å². The lowest BCUT2D eigenvalue weighted by Gasteiger charge is -2.35. The molecule has 1 aliphatic heterocycles. The average molecular weight is 363 g/mol. The van der Waals surface area contributed by atoms with E-state index in [1.165, 1.54) is 18.2 Å². The van der Waals surface area contributed by atoms with E-state index in [4.69, 9.17) is 4.42 Å². The quantitative estimate of drug-likeness (QED) is 0.793. The third kappa shape index (κ3) is 4.36. The van der Waals surface area contributed by atoms with E-state index in [9.17, 15) is 4.79 Å². The number of nitrogens with zero attached hydrogens (tertiary/aromatic N) is 4. The van der Waals surface area contributed by atoms with Gasteiger partial charge in [-0.25, -0.2) is 0 Å². The zero-order chi connectivity index (χ0) is 17.8. The molecule has 0 spiro atoms. The second kappa shape index (κ2) is 7.95. The van der Waals surface area contributed by atoms with Crippen LogP contribution in [0.3, 0.4) is 0 Å². The summed E-state index contributed by atoms with van der Waals surface area (Å²) >= 11 is 1.40. The second-order valence-electron chi connectivity index (χ2n) is 6.76. The van der Waals surface area contributed by atoms with Gasteiger partial charge in [-0.05, 0) is 30.4 Å². The molecule has 2 atom stereocenters. The monoisotopic (exact) mass is 363 g/mol. The Morgan fingerprint density at radius 2 is 2.12 bits per heavy atom. The summed E-state index contributed by atoms with van der Waals surface area (Å²) in [6.45, 7) is 7.06. The van der Waals surface area contributed by atoms with Gasteiger partial charge in [0.15, 0.2) is 5.16 Å². The molecule has 2 unspecified atom stereocenters. The van der Waals surface area contributed by atoms with Gasteiger partial charge in [0.05, 0.1) is 18.6 Å². The number of hydrogen-bond acceptors (Lipinski definition) is 6. The first-order valence-electron chi connectivity index (χ1n) is 8.60. The van der Waals surface area contributed by atoms with Crippen molar-refractivity contribution in [2.45, 2.75) is 32.0 Å². The first-order valence-corrected chi connectivity index (χ1v) is 9.59. The van der Waals surface area contributed by atoms with Crippen LogP contribution in [0.2, 0.25) is 0 Å². The van der Waals surface area contributed by atoms with Crippen LogP contribution < -0.4 is 10.2 Å². The van der Waals surface area contributed by atoms with Crippen LogP contribution in [-0.4, -0.2) is 46.6 Å². The van der Waals surface area contributed by atoms with Crippen molar-refractivity contribution in [2.24, 2.45) is 11.8 Å². The Morgan fingerprint density at radius 1 is 1.36 bits per heavy atom. The van der Waals surface area contributed by atoms with Gasteiger partial charge in [0.2, 0.25) is 11.9 Å². The van der Waals surface area contributed by atoms with Crippen LogP contribution in [0, 0.1) is 11.8 Å². The number of nitrogens with one attached hydrogen (secondary N) is 1. The van der Waals surface area contributed by atoms with Gasteiger partial charge in [-0.2, -0.15) is 0 Å². The first kappa shape index (κ1) is 17.8. The van der Waals surface area contributed by atoms with Crippen LogP contribution in [0.15, 0.2) is 28.0 Å². The van der Waals surface area contributed by atoms with Crippen LogP contribution in [0.5, 0.6) is 0 Å². The van der Waals surface area contributed by atoms with Gasteiger partial charge in [0, 0.05) is 20.1 Å². The van der Waals surface area contributed by atoms with E-state index >= 15 is 0 Å². The minimum absolute atomic E-state index is 0.0284. The van der Waals surface area contributed by atoms with E-state index in [-0.39, 0.29) is 5.91 Å². The summed E-state index contributed by atoms with van der Waals surface area (Å²) in [5.74, 6) is 3.24. The predicted octanol–water partition coefficient (Wildman–Crippen LogP) is 2.24. The third-order valence-corrected chi connectivity index (χ3v) is 5.32. The molecule has 2 aromatic rings. The highest BCUT2D eigenvalue weighted by Crippen LogP contribution is 2.28. The molecule has 0 radical (unpaired) electrons. The number of hydrogen-bond donors (Lipinski definition) is 1. The summed E-state index contributed by atoms with van der Waals surface area (Å²) in [4.78, 5) is 13.9. The largest absolute Gasteiger partial charge is 0.467 e. The number of carbonyl (C=O) groups excluding carboxylic acids is 1. The summed E-state index contributed by atoms with van der Waals surface area (Å²) in [6, 6.07) is 3.82. The fourth-order valence-electron chi connectivity index (χ4n) is 3.35. The van der Waals surface area contributed by atoms with Crippen LogP contribution in [0.25, 0.3) is 0 Å². The Kier molecular flexibility index (Phi) is 5.67. The van der Waals surface area contributed by atoms with E-state index in [2.05, 4.69) is 38.8 Å². The Bertz CT molecular complexity index is 690. The van der Waals surface area contributed by atoms with E-state index < -0.39 is 0 Å². The topological polar surface area (TPSA) is 76.2 Å². The van der Waals surface area contributed by atoms with E-state index in [0.717, 1.165) is 30.0 Å². The maximum atomic E-state index is 11.6. The smallest absolute Gasteiger partial charge is 0.230 e. The van der Waals surface area contributed by atoms with Crippen molar-refractivity contribution >= 4 is 23.6 Å². The number of anilines is 1. The normalized spacial score (nSPS) is 20.7. The lowest BCUT2D eigenvalue weighted by molar-refractivity contribution is -0.118. The molecule has 3 rings (SSSR count). The second-order valence-corrected chi connectivity index (χ2v) is 7.70. The number of furan rings is 1. The van der Waals surface area contributed by atoms with Gasteiger partial charge in [-0.3, -0.25) is 9.36 Å². The molecular weight excluding hydrogens is 338 g/mol. The van der Waals surface area contributed by atoms with Gasteiger partial charge < -0.3 is 14.6 Å². The molecule has 1 N–H and O–H groups in total. The van der Waals surface area contributed by atoms with Gasteiger partial charge in [-0.15, -0.1) is 10.2 Å². The average Bonchev–Trinajstić information content (AvgIpc) is 3.22. The highest BCUT2D eigenvalue weighted by molar-refractivity contribution is 7.99. The molecule has 1 aliphatic rings. The summed E-state index contributed by atoms with van der Waals surface area (Å²) in [5.41, 5.74) is 0. The summed E-state index contributed by atoms with van der Waals surface area (Å²) < 4.78 is 7.56. The standard InChI is InChI=1S/C17H25N5O2S/c1-12-7-13(2)9-21(8-12)16-19-20-17(25-11-15(23)18-3)22(16)10-14-5-4-6-24-14/h4-6,12-13H,7-11H2,1-3H3,(H,18,23). The van der Waals surface area contributed by atoms with Crippen LogP contribution in [0.4, 0.5) is 5.95 Å². The summed E-state index contributed by atoms with van der Waals surface area (Å²) in [6.07, 6.45) is 2.91. The highest BCUT2D eigenvalue weighted by atomic mass is 32.2. The van der Waals surface area contributed by atoms with Gasteiger partial charge in [-0.1, -0.05) is 25.6 Å². The Labute approximate surface area is 152 Å². The van der Waals surface area contributed by atoms with Crippen LogP contribution in [-0.2, 0) is 11.3 Å². The fraction of sp³-hybridized carbons (Fsp3) is 0.588. The molecule has 25 heavy (non-hydrogen) atoms. The summed E-state index contributed by atoms with van der Waals surface area (Å²) in [7, 11) is 1.64. The van der Waals surface area contributed by atoms with Crippen molar-refractivity contribution < 1.29 is 9.21 Å². The number of amides is 1. The molecule has 0 aromatic carbocycles. The first-order chi connectivity index (χ1) is 12.1. The van der Waals surface area contributed by atoms with Gasteiger partial charge >= 0.3 is 0 Å².